The van der Waals surface area contributed by atoms with Crippen LogP contribution in [0.2, 0.25) is 0 Å². The van der Waals surface area contributed by atoms with E-state index in [2.05, 4.69) is 15.9 Å². The van der Waals surface area contributed by atoms with Crippen molar-refractivity contribution in [2.75, 3.05) is 22.9 Å². The molecule has 1 heterocycles. The summed E-state index contributed by atoms with van der Waals surface area (Å²) in [5.41, 5.74) is 7.53. The maximum atomic E-state index is 13.5. The number of fused-ring (bicyclic) bond motifs is 1. The standard InChI is InChI=1S/C15H12BrFN2OS/c16-10-5-9(6-11(17)7-10)15(20)19-3-4-21-14-2-1-12(18)8-13(14)19/h1-2,5-8H,3-4,18H2. The number of carbonyl (C=O) groups excluding carboxylic acids is 1. The smallest absolute Gasteiger partial charge is 0.258 e. The first-order valence-corrected chi connectivity index (χ1v) is 8.13. The van der Waals surface area contributed by atoms with Gasteiger partial charge in [-0.15, -0.1) is 11.8 Å². The maximum absolute atomic E-state index is 13.5. The molecule has 0 fully saturated rings. The van der Waals surface area contributed by atoms with Crippen LogP contribution >= 0.6 is 27.7 Å². The summed E-state index contributed by atoms with van der Waals surface area (Å²) in [6.45, 7) is 0.577. The Bertz CT molecular complexity index is 703. The largest absolute Gasteiger partial charge is 0.399 e. The van der Waals surface area contributed by atoms with Gasteiger partial charge in [-0.2, -0.15) is 0 Å². The van der Waals surface area contributed by atoms with Crippen LogP contribution in [0.15, 0.2) is 45.8 Å². The van der Waals surface area contributed by atoms with E-state index in [4.69, 9.17) is 5.73 Å². The van der Waals surface area contributed by atoms with Crippen LogP contribution in [0.25, 0.3) is 0 Å². The normalized spacial score (nSPS) is 13.9. The van der Waals surface area contributed by atoms with Crippen molar-refractivity contribution in [2.45, 2.75) is 4.90 Å². The average Bonchev–Trinajstić information content (AvgIpc) is 2.44. The summed E-state index contributed by atoms with van der Waals surface area (Å²) in [6.07, 6.45) is 0. The van der Waals surface area contributed by atoms with E-state index in [9.17, 15) is 9.18 Å². The number of amides is 1. The van der Waals surface area contributed by atoms with Crippen molar-refractivity contribution < 1.29 is 9.18 Å². The molecule has 3 nitrogen and oxygen atoms in total. The Labute approximate surface area is 134 Å². The van der Waals surface area contributed by atoms with Gasteiger partial charge in [-0.25, -0.2) is 4.39 Å². The Kier molecular flexibility index (Phi) is 3.91. The number of hydrogen-bond acceptors (Lipinski definition) is 3. The lowest BCUT2D eigenvalue weighted by Gasteiger charge is -2.29. The lowest BCUT2D eigenvalue weighted by molar-refractivity contribution is 0.0987. The fourth-order valence-corrected chi connectivity index (χ4v) is 3.72. The zero-order chi connectivity index (χ0) is 15.0. The van der Waals surface area contributed by atoms with Crippen LogP contribution in [0, 0.1) is 5.82 Å². The Morgan fingerprint density at radius 2 is 2.10 bits per heavy atom. The van der Waals surface area contributed by atoms with Gasteiger partial charge in [-0.05, 0) is 36.4 Å². The van der Waals surface area contributed by atoms with E-state index in [0.29, 0.717) is 22.3 Å². The van der Waals surface area contributed by atoms with Crippen LogP contribution < -0.4 is 10.6 Å². The molecule has 0 radical (unpaired) electrons. The molecule has 0 saturated heterocycles. The number of hydrogen-bond donors (Lipinski definition) is 1. The first-order valence-electron chi connectivity index (χ1n) is 6.35. The van der Waals surface area contributed by atoms with Gasteiger partial charge in [0.2, 0.25) is 0 Å². The van der Waals surface area contributed by atoms with Gasteiger partial charge >= 0.3 is 0 Å². The Morgan fingerprint density at radius 3 is 2.86 bits per heavy atom. The Morgan fingerprint density at radius 1 is 1.29 bits per heavy atom. The van der Waals surface area contributed by atoms with E-state index < -0.39 is 5.82 Å². The molecular weight excluding hydrogens is 355 g/mol. The summed E-state index contributed by atoms with van der Waals surface area (Å²) >= 11 is 4.90. The van der Waals surface area contributed by atoms with Crippen LogP contribution in [0.1, 0.15) is 10.4 Å². The molecule has 1 aliphatic rings. The second-order valence-corrected chi connectivity index (χ2v) is 6.74. The van der Waals surface area contributed by atoms with Gasteiger partial charge in [0.15, 0.2) is 0 Å². The van der Waals surface area contributed by atoms with Crippen LogP contribution in [0.4, 0.5) is 15.8 Å². The van der Waals surface area contributed by atoms with E-state index in [1.165, 1.54) is 12.1 Å². The molecule has 0 aliphatic carbocycles. The van der Waals surface area contributed by atoms with Crippen LogP contribution in [-0.2, 0) is 0 Å². The van der Waals surface area contributed by atoms with Gasteiger partial charge in [0.1, 0.15) is 5.82 Å². The summed E-state index contributed by atoms with van der Waals surface area (Å²) in [6, 6.07) is 9.72. The van der Waals surface area contributed by atoms with Gasteiger partial charge in [0.05, 0.1) is 5.69 Å². The second-order valence-electron chi connectivity index (χ2n) is 4.69. The number of carbonyl (C=O) groups is 1. The predicted octanol–water partition coefficient (Wildman–Crippen LogP) is 3.92. The molecule has 1 aliphatic heterocycles. The van der Waals surface area contributed by atoms with Gasteiger partial charge in [-0.3, -0.25) is 4.79 Å². The number of anilines is 2. The van der Waals surface area contributed by atoms with E-state index in [0.717, 1.165) is 16.3 Å². The number of nitrogens with zero attached hydrogens (tertiary/aromatic N) is 1. The quantitative estimate of drug-likeness (QED) is 0.777. The van der Waals surface area contributed by atoms with Crippen LogP contribution in [0.5, 0.6) is 0 Å². The summed E-state index contributed by atoms with van der Waals surface area (Å²) in [7, 11) is 0. The Hall–Kier alpha value is -1.53. The third-order valence-corrected chi connectivity index (χ3v) is 4.70. The van der Waals surface area contributed by atoms with Crippen molar-refractivity contribution in [1.82, 2.24) is 0 Å². The molecule has 2 N–H and O–H groups in total. The van der Waals surface area contributed by atoms with E-state index >= 15 is 0 Å². The van der Waals surface area contributed by atoms with Crippen molar-refractivity contribution in [3.05, 3.63) is 52.3 Å². The molecule has 0 unspecified atom stereocenters. The topological polar surface area (TPSA) is 46.3 Å². The minimum Gasteiger partial charge on any atom is -0.399 e. The fraction of sp³-hybridized carbons (Fsp3) is 0.133. The minimum atomic E-state index is -0.438. The number of halogens is 2. The number of nitrogen functional groups attached to an aromatic ring is 1. The van der Waals surface area contributed by atoms with Gasteiger partial charge < -0.3 is 10.6 Å². The summed E-state index contributed by atoms with van der Waals surface area (Å²) in [5, 5.41) is 0. The molecule has 2 aromatic rings. The van der Waals surface area contributed by atoms with Crippen molar-refractivity contribution in [2.24, 2.45) is 0 Å². The molecule has 0 bridgehead atoms. The van der Waals surface area contributed by atoms with Crippen molar-refractivity contribution >= 4 is 45.0 Å². The lowest BCUT2D eigenvalue weighted by Crippen LogP contribution is -2.35. The lowest BCUT2D eigenvalue weighted by atomic mass is 10.1. The molecule has 0 aromatic heterocycles. The molecule has 0 spiro atoms. The van der Waals surface area contributed by atoms with E-state index in [1.807, 2.05) is 12.1 Å². The highest BCUT2D eigenvalue weighted by molar-refractivity contribution is 9.10. The van der Waals surface area contributed by atoms with Gasteiger partial charge in [-0.1, -0.05) is 15.9 Å². The fourth-order valence-electron chi connectivity index (χ4n) is 2.28. The first-order chi connectivity index (χ1) is 10.0. The summed E-state index contributed by atoms with van der Waals surface area (Å²) in [5.74, 6) is 0.147. The first kappa shape index (κ1) is 14.4. The van der Waals surface area contributed by atoms with Crippen molar-refractivity contribution in [3.8, 4) is 0 Å². The number of rotatable bonds is 1. The molecule has 6 heteroatoms. The highest BCUT2D eigenvalue weighted by atomic mass is 79.9. The SMILES string of the molecule is Nc1ccc2c(c1)N(C(=O)c1cc(F)cc(Br)c1)CCS2. The van der Waals surface area contributed by atoms with E-state index in [1.54, 1.807) is 28.8 Å². The number of nitrogens with two attached hydrogens (primary N) is 1. The molecule has 3 rings (SSSR count). The zero-order valence-corrected chi connectivity index (χ0v) is 13.4. The molecule has 2 aromatic carbocycles. The molecule has 0 atom stereocenters. The number of thioether (sulfide) groups is 1. The minimum absolute atomic E-state index is 0.220. The number of benzene rings is 2. The van der Waals surface area contributed by atoms with Crippen LogP contribution in [-0.4, -0.2) is 18.2 Å². The monoisotopic (exact) mass is 366 g/mol. The van der Waals surface area contributed by atoms with E-state index in [-0.39, 0.29) is 5.91 Å². The third-order valence-electron chi connectivity index (χ3n) is 3.20. The third kappa shape index (κ3) is 2.91. The molecular formula is C15H12BrFN2OS. The Balaban J connectivity index is 2.01. The summed E-state index contributed by atoms with van der Waals surface area (Å²) < 4.78 is 14.0. The second kappa shape index (κ2) is 5.69. The molecule has 1 amide bonds. The van der Waals surface area contributed by atoms with Gasteiger partial charge in [0, 0.05) is 32.9 Å². The van der Waals surface area contributed by atoms with Gasteiger partial charge in [0.25, 0.3) is 5.91 Å². The highest BCUT2D eigenvalue weighted by Gasteiger charge is 2.24. The molecule has 0 saturated carbocycles. The average molecular weight is 367 g/mol. The summed E-state index contributed by atoms with van der Waals surface area (Å²) in [4.78, 5) is 15.3. The highest BCUT2D eigenvalue weighted by Crippen LogP contribution is 2.36. The predicted molar refractivity (Wildman–Crippen MR) is 87.4 cm³/mol. The molecule has 108 valence electrons. The van der Waals surface area contributed by atoms with Crippen LogP contribution in [0.3, 0.4) is 0 Å². The molecule has 21 heavy (non-hydrogen) atoms. The zero-order valence-electron chi connectivity index (χ0n) is 11.0. The van der Waals surface area contributed by atoms with Crippen molar-refractivity contribution in [1.29, 1.82) is 0 Å². The van der Waals surface area contributed by atoms with Crippen molar-refractivity contribution in [3.63, 3.8) is 0 Å². The maximum Gasteiger partial charge on any atom is 0.258 e.